The zero-order valence-corrected chi connectivity index (χ0v) is 10.8. The normalized spacial score (nSPS) is 11.9. The summed E-state index contributed by atoms with van der Waals surface area (Å²) in [4.78, 5) is 23.4. The predicted molar refractivity (Wildman–Crippen MR) is 67.9 cm³/mol. The van der Waals surface area contributed by atoms with Crippen molar-refractivity contribution in [2.45, 2.75) is 33.4 Å². The molecule has 0 saturated carbocycles. The molecule has 0 radical (unpaired) electrons. The highest BCUT2D eigenvalue weighted by Crippen LogP contribution is 1.99. The van der Waals surface area contributed by atoms with Gasteiger partial charge in [0.2, 0.25) is 5.91 Å². The zero-order chi connectivity index (χ0) is 13.7. The van der Waals surface area contributed by atoms with Gasteiger partial charge < -0.3 is 9.88 Å². The van der Waals surface area contributed by atoms with Gasteiger partial charge in [0.25, 0.3) is 5.56 Å². The number of amides is 1. The van der Waals surface area contributed by atoms with Gasteiger partial charge in [-0.2, -0.15) is 5.26 Å². The van der Waals surface area contributed by atoms with E-state index in [1.54, 1.807) is 12.1 Å². The van der Waals surface area contributed by atoms with Crippen LogP contribution in [0.4, 0.5) is 0 Å². The Kier molecular flexibility index (Phi) is 4.67. The number of nitrogens with zero attached hydrogens (tertiary/aromatic N) is 2. The van der Waals surface area contributed by atoms with E-state index >= 15 is 0 Å². The first kappa shape index (κ1) is 14.0. The van der Waals surface area contributed by atoms with E-state index < -0.39 is 5.56 Å². The second-order valence-corrected chi connectivity index (χ2v) is 4.57. The van der Waals surface area contributed by atoms with Crippen molar-refractivity contribution in [2.75, 3.05) is 0 Å². The Labute approximate surface area is 106 Å². The highest BCUT2D eigenvalue weighted by Gasteiger charge is 2.12. The first-order chi connectivity index (χ1) is 8.45. The van der Waals surface area contributed by atoms with E-state index in [1.807, 2.05) is 20.8 Å². The van der Waals surface area contributed by atoms with Crippen LogP contribution in [0.5, 0.6) is 0 Å². The summed E-state index contributed by atoms with van der Waals surface area (Å²) in [7, 11) is 0. The zero-order valence-electron chi connectivity index (χ0n) is 10.8. The fourth-order valence-corrected chi connectivity index (χ4v) is 1.37. The van der Waals surface area contributed by atoms with Crippen LogP contribution in [0.1, 0.15) is 26.3 Å². The van der Waals surface area contributed by atoms with Gasteiger partial charge in [-0.3, -0.25) is 9.59 Å². The number of nitrogens with one attached hydrogen (secondary N) is 1. The van der Waals surface area contributed by atoms with Gasteiger partial charge in [-0.25, -0.2) is 0 Å². The Hall–Kier alpha value is -2.09. The second-order valence-electron chi connectivity index (χ2n) is 4.57. The Bertz CT molecular complexity index is 526. The maximum absolute atomic E-state index is 11.7. The van der Waals surface area contributed by atoms with Crippen molar-refractivity contribution in [1.82, 2.24) is 9.88 Å². The highest BCUT2D eigenvalue weighted by atomic mass is 16.2. The lowest BCUT2D eigenvalue weighted by atomic mass is 10.1. The number of rotatable bonds is 4. The maximum Gasteiger partial charge on any atom is 0.268 e. The molecule has 1 N–H and O–H groups in total. The van der Waals surface area contributed by atoms with E-state index in [9.17, 15) is 9.59 Å². The third-order valence-electron chi connectivity index (χ3n) is 2.84. The van der Waals surface area contributed by atoms with Gasteiger partial charge in [0.15, 0.2) is 0 Å². The molecule has 0 spiro atoms. The molecule has 1 unspecified atom stereocenters. The van der Waals surface area contributed by atoms with Gasteiger partial charge in [0, 0.05) is 12.2 Å². The summed E-state index contributed by atoms with van der Waals surface area (Å²) in [6.45, 7) is 5.86. The minimum atomic E-state index is -0.438. The molecule has 0 saturated heterocycles. The van der Waals surface area contributed by atoms with Crippen molar-refractivity contribution in [3.63, 3.8) is 0 Å². The molecule has 0 aliphatic heterocycles. The molecule has 1 aromatic rings. The van der Waals surface area contributed by atoms with E-state index in [0.717, 1.165) is 0 Å². The number of hydrogen-bond acceptors (Lipinski definition) is 3. The van der Waals surface area contributed by atoms with Crippen LogP contribution in [0.15, 0.2) is 23.1 Å². The van der Waals surface area contributed by atoms with E-state index in [-0.39, 0.29) is 24.1 Å². The second kappa shape index (κ2) is 6.01. The summed E-state index contributed by atoms with van der Waals surface area (Å²) in [5.74, 6) is 0.101. The minimum absolute atomic E-state index is 0.0437. The fraction of sp³-hybridized carbons (Fsp3) is 0.462. The van der Waals surface area contributed by atoms with Crippen molar-refractivity contribution in [1.29, 1.82) is 5.26 Å². The monoisotopic (exact) mass is 247 g/mol. The van der Waals surface area contributed by atoms with Crippen LogP contribution in [-0.4, -0.2) is 16.5 Å². The van der Waals surface area contributed by atoms with Crippen LogP contribution in [0.25, 0.3) is 0 Å². The molecule has 1 amide bonds. The predicted octanol–water partition coefficient (Wildman–Crippen LogP) is 0.881. The topological polar surface area (TPSA) is 74.9 Å². The Morgan fingerprint density at radius 2 is 2.17 bits per heavy atom. The van der Waals surface area contributed by atoms with Crippen LogP contribution in [0.2, 0.25) is 0 Å². The van der Waals surface area contributed by atoms with Crippen molar-refractivity contribution >= 4 is 5.91 Å². The quantitative estimate of drug-likeness (QED) is 0.858. The fourth-order valence-electron chi connectivity index (χ4n) is 1.37. The molecule has 0 bridgehead atoms. The van der Waals surface area contributed by atoms with Gasteiger partial charge in [0.05, 0.1) is 0 Å². The summed E-state index contributed by atoms with van der Waals surface area (Å²) in [5, 5.41) is 11.5. The molecule has 0 aromatic carbocycles. The van der Waals surface area contributed by atoms with Crippen molar-refractivity contribution in [3.8, 4) is 6.07 Å². The molecule has 1 heterocycles. The molecule has 5 heteroatoms. The molecule has 1 atom stereocenters. The average Bonchev–Trinajstić information content (AvgIpc) is 2.31. The molecule has 0 aliphatic rings. The third kappa shape index (κ3) is 3.45. The number of carbonyl (C=O) groups is 1. The van der Waals surface area contributed by atoms with Crippen LogP contribution in [0.3, 0.4) is 0 Å². The molecular weight excluding hydrogens is 230 g/mol. The summed E-state index contributed by atoms with van der Waals surface area (Å²) < 4.78 is 1.24. The Morgan fingerprint density at radius 1 is 1.50 bits per heavy atom. The average molecular weight is 247 g/mol. The Morgan fingerprint density at radius 3 is 2.72 bits per heavy atom. The molecule has 96 valence electrons. The lowest BCUT2D eigenvalue weighted by Crippen LogP contribution is -2.40. The Balaban J connectivity index is 2.78. The van der Waals surface area contributed by atoms with E-state index in [1.165, 1.54) is 16.8 Å². The lowest BCUT2D eigenvalue weighted by molar-refractivity contribution is -0.122. The molecule has 1 aromatic heterocycles. The smallest absolute Gasteiger partial charge is 0.268 e. The van der Waals surface area contributed by atoms with Crippen LogP contribution >= 0.6 is 0 Å². The highest BCUT2D eigenvalue weighted by molar-refractivity contribution is 5.76. The molecule has 0 aliphatic carbocycles. The van der Waals surface area contributed by atoms with Crippen molar-refractivity contribution < 1.29 is 4.79 Å². The maximum atomic E-state index is 11.7. The summed E-state index contributed by atoms with van der Waals surface area (Å²) in [5.41, 5.74) is -0.394. The van der Waals surface area contributed by atoms with Crippen LogP contribution in [-0.2, 0) is 11.3 Å². The molecule has 5 nitrogen and oxygen atoms in total. The first-order valence-electron chi connectivity index (χ1n) is 5.84. The largest absolute Gasteiger partial charge is 0.352 e. The minimum Gasteiger partial charge on any atom is -0.352 e. The van der Waals surface area contributed by atoms with Crippen LogP contribution in [0, 0.1) is 17.2 Å². The van der Waals surface area contributed by atoms with Gasteiger partial charge in [-0.05, 0) is 25.0 Å². The number of aromatic nitrogens is 1. The third-order valence-corrected chi connectivity index (χ3v) is 2.84. The summed E-state index contributed by atoms with van der Waals surface area (Å²) in [6.07, 6.45) is 1.50. The van der Waals surface area contributed by atoms with E-state index in [2.05, 4.69) is 5.32 Å². The molecule has 1 rings (SSSR count). The number of hydrogen-bond donors (Lipinski definition) is 1. The van der Waals surface area contributed by atoms with Gasteiger partial charge >= 0.3 is 0 Å². The number of nitriles is 1. The van der Waals surface area contributed by atoms with E-state index in [0.29, 0.717) is 5.92 Å². The van der Waals surface area contributed by atoms with Gasteiger partial charge in [-0.15, -0.1) is 0 Å². The van der Waals surface area contributed by atoms with Gasteiger partial charge in [-0.1, -0.05) is 13.8 Å². The van der Waals surface area contributed by atoms with Crippen molar-refractivity contribution in [3.05, 3.63) is 34.2 Å². The first-order valence-corrected chi connectivity index (χ1v) is 5.84. The lowest BCUT2D eigenvalue weighted by Gasteiger charge is -2.17. The summed E-state index contributed by atoms with van der Waals surface area (Å²) in [6, 6.07) is 4.87. The van der Waals surface area contributed by atoms with Crippen molar-refractivity contribution in [2.24, 2.45) is 5.92 Å². The number of carbonyl (C=O) groups excluding carboxylic acids is 1. The molecular formula is C13H17N3O2. The standard InChI is InChI=1S/C13H17N3O2/c1-9(2)10(3)15-12(17)8-16-6-4-5-11(7-14)13(16)18/h4-6,9-10H,8H2,1-3H3,(H,15,17). The molecule has 0 fully saturated rings. The SMILES string of the molecule is CC(C)C(C)NC(=O)Cn1cccc(C#N)c1=O. The van der Waals surface area contributed by atoms with E-state index in [4.69, 9.17) is 5.26 Å². The van der Waals surface area contributed by atoms with Gasteiger partial charge in [0.1, 0.15) is 18.2 Å². The number of pyridine rings is 1. The molecule has 18 heavy (non-hydrogen) atoms. The van der Waals surface area contributed by atoms with Crippen LogP contribution < -0.4 is 10.9 Å². The summed E-state index contributed by atoms with van der Waals surface area (Å²) >= 11 is 0.